The number of benzene rings is 2. The van der Waals surface area contributed by atoms with Gasteiger partial charge < -0.3 is 20.4 Å². The third-order valence-electron chi connectivity index (χ3n) is 6.60. The molecule has 3 aromatic rings. The molecule has 1 saturated carbocycles. The van der Waals surface area contributed by atoms with Gasteiger partial charge in [0.05, 0.1) is 22.3 Å². The van der Waals surface area contributed by atoms with Crippen molar-refractivity contribution >= 4 is 22.9 Å². The Bertz CT molecular complexity index is 1260. The molecule has 0 bridgehead atoms. The van der Waals surface area contributed by atoms with Crippen LogP contribution in [-0.4, -0.2) is 35.0 Å². The Morgan fingerprint density at radius 3 is 2.73 bits per heavy atom. The number of nitrogens with one attached hydrogen (secondary N) is 1. The highest BCUT2D eigenvalue weighted by atomic mass is 19.1. The van der Waals surface area contributed by atoms with Crippen molar-refractivity contribution in [3.05, 3.63) is 70.3 Å². The number of rotatable bonds is 7. The number of aryl methyl sites for hydroxylation is 1. The number of H-pyrrole nitrogens is 1. The van der Waals surface area contributed by atoms with E-state index in [0.717, 1.165) is 43.0 Å². The standard InChI is InChI=1S/C25H24F3N3O2/c26-15-9-19-14(12-30-23(19)22(28)10-15)3-2-8-31(16-4-1-5-16)17-11-20-21(27)7-6-18(25(29)32)24(20)33-13-17/h6-7,9-12,16,30H,1-5,8,13H2,(H2,29,32). The van der Waals surface area contributed by atoms with E-state index in [2.05, 4.69) is 9.88 Å². The number of ether oxygens (including phenoxy) is 1. The van der Waals surface area contributed by atoms with Crippen molar-refractivity contribution in [1.29, 1.82) is 0 Å². The number of nitrogens with two attached hydrogens (primary N) is 1. The number of hydrogen-bond acceptors (Lipinski definition) is 3. The molecule has 0 atom stereocenters. The molecule has 2 aromatic carbocycles. The summed E-state index contributed by atoms with van der Waals surface area (Å²) in [6.45, 7) is 0.910. The lowest BCUT2D eigenvalue weighted by atomic mass is 9.90. The van der Waals surface area contributed by atoms with Gasteiger partial charge in [-0.05, 0) is 61.9 Å². The van der Waals surface area contributed by atoms with Crippen molar-refractivity contribution in [2.75, 3.05) is 13.2 Å². The summed E-state index contributed by atoms with van der Waals surface area (Å²) in [5, 5.41) is 0.554. The van der Waals surface area contributed by atoms with Gasteiger partial charge in [-0.15, -0.1) is 0 Å². The van der Waals surface area contributed by atoms with E-state index in [1.165, 1.54) is 18.2 Å². The van der Waals surface area contributed by atoms with Gasteiger partial charge in [-0.3, -0.25) is 4.79 Å². The molecule has 1 aliphatic heterocycles. The van der Waals surface area contributed by atoms with Gasteiger partial charge in [0.2, 0.25) is 0 Å². The minimum absolute atomic E-state index is 0.163. The minimum atomic E-state index is -0.662. The van der Waals surface area contributed by atoms with Gasteiger partial charge in [-0.25, -0.2) is 13.2 Å². The van der Waals surface area contributed by atoms with Gasteiger partial charge in [0.1, 0.15) is 29.8 Å². The van der Waals surface area contributed by atoms with Crippen LogP contribution < -0.4 is 10.5 Å². The first-order valence-corrected chi connectivity index (χ1v) is 11.1. The van der Waals surface area contributed by atoms with Crippen LogP contribution in [0.3, 0.4) is 0 Å². The molecule has 8 heteroatoms. The summed E-state index contributed by atoms with van der Waals surface area (Å²) in [6.07, 6.45) is 8.06. The zero-order chi connectivity index (χ0) is 23.1. The van der Waals surface area contributed by atoms with E-state index in [0.29, 0.717) is 29.9 Å². The zero-order valence-electron chi connectivity index (χ0n) is 18.0. The quantitative estimate of drug-likeness (QED) is 0.532. The second-order valence-electron chi connectivity index (χ2n) is 8.63. The number of carbonyl (C=O) groups is 1. The third kappa shape index (κ3) is 3.94. The molecule has 0 spiro atoms. The smallest absolute Gasteiger partial charge is 0.252 e. The van der Waals surface area contributed by atoms with E-state index in [4.69, 9.17) is 10.5 Å². The Balaban J connectivity index is 1.37. The molecular weight excluding hydrogens is 431 g/mol. The fourth-order valence-electron chi connectivity index (χ4n) is 4.70. The summed E-state index contributed by atoms with van der Waals surface area (Å²) in [5.74, 6) is -2.15. The van der Waals surface area contributed by atoms with Crippen LogP contribution >= 0.6 is 0 Å². The number of aromatic nitrogens is 1. The monoisotopic (exact) mass is 455 g/mol. The first-order valence-electron chi connectivity index (χ1n) is 11.1. The summed E-state index contributed by atoms with van der Waals surface area (Å²) in [5.41, 5.74) is 7.82. The Labute approximate surface area is 189 Å². The first-order chi connectivity index (χ1) is 15.9. The molecule has 1 amide bonds. The lowest BCUT2D eigenvalue weighted by Gasteiger charge is -2.41. The van der Waals surface area contributed by atoms with Crippen LogP contribution in [0.1, 0.15) is 47.2 Å². The van der Waals surface area contributed by atoms with Crippen LogP contribution in [0.25, 0.3) is 17.0 Å². The van der Waals surface area contributed by atoms with E-state index in [-0.39, 0.29) is 23.5 Å². The van der Waals surface area contributed by atoms with Gasteiger partial charge in [0.15, 0.2) is 0 Å². The molecule has 2 aliphatic rings. The molecule has 3 N–H and O–H groups in total. The summed E-state index contributed by atoms with van der Waals surface area (Å²) in [7, 11) is 0. The summed E-state index contributed by atoms with van der Waals surface area (Å²) < 4.78 is 48.0. The van der Waals surface area contributed by atoms with Crippen LogP contribution in [0, 0.1) is 17.5 Å². The van der Waals surface area contributed by atoms with Crippen LogP contribution in [0.4, 0.5) is 13.2 Å². The van der Waals surface area contributed by atoms with Crippen molar-refractivity contribution < 1.29 is 22.7 Å². The number of aromatic amines is 1. The van der Waals surface area contributed by atoms with Gasteiger partial charge in [-0.2, -0.15) is 0 Å². The second kappa shape index (κ2) is 8.50. The van der Waals surface area contributed by atoms with Crippen molar-refractivity contribution in [2.45, 2.75) is 38.1 Å². The topological polar surface area (TPSA) is 71.4 Å². The van der Waals surface area contributed by atoms with E-state index in [1.54, 1.807) is 12.3 Å². The molecule has 0 saturated heterocycles. The predicted octanol–water partition coefficient (Wildman–Crippen LogP) is 4.90. The molecule has 2 heterocycles. The van der Waals surface area contributed by atoms with Gasteiger partial charge in [0.25, 0.3) is 5.91 Å². The number of fused-ring (bicyclic) bond motifs is 2. The predicted molar refractivity (Wildman–Crippen MR) is 119 cm³/mol. The molecule has 0 unspecified atom stereocenters. The number of carbonyl (C=O) groups excluding carboxylic acids is 1. The average Bonchev–Trinajstić information content (AvgIpc) is 3.14. The Morgan fingerprint density at radius 2 is 2.00 bits per heavy atom. The fraction of sp³-hybridized carbons (Fsp3) is 0.320. The van der Waals surface area contributed by atoms with Gasteiger partial charge in [-0.1, -0.05) is 0 Å². The Kier molecular flexibility index (Phi) is 5.52. The maximum atomic E-state index is 14.5. The molecule has 1 aromatic heterocycles. The molecule has 0 radical (unpaired) electrons. The fourth-order valence-corrected chi connectivity index (χ4v) is 4.70. The molecule has 33 heavy (non-hydrogen) atoms. The van der Waals surface area contributed by atoms with Crippen LogP contribution in [-0.2, 0) is 6.42 Å². The van der Waals surface area contributed by atoms with Crippen LogP contribution in [0.15, 0.2) is 36.2 Å². The minimum Gasteiger partial charge on any atom is -0.486 e. The summed E-state index contributed by atoms with van der Waals surface area (Å²) >= 11 is 0. The maximum Gasteiger partial charge on any atom is 0.252 e. The molecular formula is C25H24F3N3O2. The SMILES string of the molecule is NC(=O)c1ccc(F)c2c1OCC(N(CCCc1c[nH]c3c(F)cc(F)cc13)C1CCC1)=C2. The zero-order valence-corrected chi connectivity index (χ0v) is 18.0. The Hall–Kier alpha value is -3.42. The van der Waals surface area contributed by atoms with E-state index in [1.807, 2.05) is 0 Å². The third-order valence-corrected chi connectivity index (χ3v) is 6.60. The second-order valence-corrected chi connectivity index (χ2v) is 8.63. The normalized spacial score (nSPS) is 15.5. The molecule has 1 aliphatic carbocycles. The lowest BCUT2D eigenvalue weighted by Crippen LogP contribution is -2.42. The highest BCUT2D eigenvalue weighted by Crippen LogP contribution is 2.36. The average molecular weight is 455 g/mol. The summed E-state index contributed by atoms with van der Waals surface area (Å²) in [6, 6.07) is 5.12. The largest absolute Gasteiger partial charge is 0.486 e. The number of nitrogens with zero attached hydrogens (tertiary/aromatic N) is 1. The number of amides is 1. The van der Waals surface area contributed by atoms with Crippen molar-refractivity contribution in [3.63, 3.8) is 0 Å². The maximum absolute atomic E-state index is 14.5. The van der Waals surface area contributed by atoms with Gasteiger partial charge in [0, 0.05) is 30.2 Å². The molecule has 5 nitrogen and oxygen atoms in total. The van der Waals surface area contributed by atoms with E-state index < -0.39 is 23.4 Å². The molecule has 1 fully saturated rings. The number of primary amides is 1. The van der Waals surface area contributed by atoms with Gasteiger partial charge >= 0.3 is 0 Å². The van der Waals surface area contributed by atoms with E-state index >= 15 is 0 Å². The Morgan fingerprint density at radius 1 is 1.18 bits per heavy atom. The van der Waals surface area contributed by atoms with Crippen LogP contribution in [0.2, 0.25) is 0 Å². The number of halogens is 3. The highest BCUT2D eigenvalue weighted by Gasteiger charge is 2.30. The van der Waals surface area contributed by atoms with Crippen molar-refractivity contribution in [1.82, 2.24) is 9.88 Å². The highest BCUT2D eigenvalue weighted by molar-refractivity contribution is 5.97. The molecule has 5 rings (SSSR count). The lowest BCUT2D eigenvalue weighted by molar-refractivity contribution is 0.0994. The van der Waals surface area contributed by atoms with Crippen molar-refractivity contribution in [2.24, 2.45) is 5.73 Å². The number of hydrogen-bond donors (Lipinski definition) is 2. The van der Waals surface area contributed by atoms with E-state index in [9.17, 15) is 18.0 Å². The summed E-state index contributed by atoms with van der Waals surface area (Å²) in [4.78, 5) is 16.8. The van der Waals surface area contributed by atoms with Crippen molar-refractivity contribution in [3.8, 4) is 5.75 Å². The molecule has 172 valence electrons. The first kappa shape index (κ1) is 21.4. The van der Waals surface area contributed by atoms with Crippen LogP contribution in [0.5, 0.6) is 5.75 Å².